The largest absolute Gasteiger partial charge is 0.493 e. The average molecular weight is 258 g/mol. The molecule has 0 aliphatic heterocycles. The zero-order chi connectivity index (χ0) is 12.7. The Morgan fingerprint density at radius 1 is 1.53 bits per heavy atom. The SMILES string of the molecule is CCNC(=O)CCOc1cccc(Cl)c1CO. The third-order valence-corrected chi connectivity index (χ3v) is 2.55. The molecule has 1 aromatic rings. The summed E-state index contributed by atoms with van der Waals surface area (Å²) < 4.78 is 5.42. The Morgan fingerprint density at radius 2 is 2.29 bits per heavy atom. The smallest absolute Gasteiger partial charge is 0.223 e. The van der Waals surface area contributed by atoms with Crippen molar-refractivity contribution in [2.45, 2.75) is 20.0 Å². The Hall–Kier alpha value is -1.26. The summed E-state index contributed by atoms with van der Waals surface area (Å²) in [7, 11) is 0. The fourth-order valence-electron chi connectivity index (χ4n) is 1.37. The van der Waals surface area contributed by atoms with E-state index in [1.165, 1.54) is 0 Å². The molecule has 0 radical (unpaired) electrons. The van der Waals surface area contributed by atoms with Gasteiger partial charge in [-0.15, -0.1) is 0 Å². The predicted molar refractivity (Wildman–Crippen MR) is 66.2 cm³/mol. The highest BCUT2D eigenvalue weighted by Crippen LogP contribution is 2.26. The second-order valence-corrected chi connectivity index (χ2v) is 3.83. The first-order chi connectivity index (χ1) is 8.19. The summed E-state index contributed by atoms with van der Waals surface area (Å²) in [6, 6.07) is 5.14. The number of hydrogen-bond donors (Lipinski definition) is 2. The number of halogens is 1. The van der Waals surface area contributed by atoms with Crippen LogP contribution < -0.4 is 10.1 Å². The highest BCUT2D eigenvalue weighted by Gasteiger charge is 2.07. The Bertz CT molecular complexity index is 382. The molecule has 0 fully saturated rings. The number of carbonyl (C=O) groups is 1. The number of aliphatic hydroxyl groups is 1. The van der Waals surface area contributed by atoms with Gasteiger partial charge in [0.1, 0.15) is 5.75 Å². The van der Waals surface area contributed by atoms with E-state index >= 15 is 0 Å². The van der Waals surface area contributed by atoms with Gasteiger partial charge in [-0.25, -0.2) is 0 Å². The van der Waals surface area contributed by atoms with Crippen molar-refractivity contribution in [3.63, 3.8) is 0 Å². The summed E-state index contributed by atoms with van der Waals surface area (Å²) in [6.07, 6.45) is 0.283. The molecule has 0 saturated heterocycles. The molecule has 0 aliphatic carbocycles. The number of nitrogens with one attached hydrogen (secondary N) is 1. The molecule has 1 aromatic carbocycles. The summed E-state index contributed by atoms with van der Waals surface area (Å²) in [6.45, 7) is 2.55. The molecule has 1 rings (SSSR count). The van der Waals surface area contributed by atoms with Crippen LogP contribution in [0.15, 0.2) is 18.2 Å². The minimum atomic E-state index is -0.184. The van der Waals surface area contributed by atoms with Crippen molar-refractivity contribution in [1.82, 2.24) is 5.32 Å². The summed E-state index contributed by atoms with van der Waals surface area (Å²) in [4.78, 5) is 11.2. The van der Waals surface area contributed by atoms with Crippen molar-refractivity contribution in [3.8, 4) is 5.75 Å². The quantitative estimate of drug-likeness (QED) is 0.816. The van der Waals surface area contributed by atoms with Crippen LogP contribution in [0, 0.1) is 0 Å². The van der Waals surface area contributed by atoms with Gasteiger partial charge in [0.2, 0.25) is 5.91 Å². The fraction of sp³-hybridized carbons (Fsp3) is 0.417. The minimum absolute atomic E-state index is 0.0555. The van der Waals surface area contributed by atoms with E-state index in [1.54, 1.807) is 18.2 Å². The van der Waals surface area contributed by atoms with Gasteiger partial charge in [0.25, 0.3) is 0 Å². The van der Waals surface area contributed by atoms with Gasteiger partial charge in [0.05, 0.1) is 19.6 Å². The van der Waals surface area contributed by atoms with Crippen LogP contribution in [0.1, 0.15) is 18.9 Å². The number of carbonyl (C=O) groups excluding carboxylic acids is 1. The standard InChI is InChI=1S/C12H16ClNO3/c1-2-14-12(16)6-7-17-11-5-3-4-10(13)9(11)8-15/h3-5,15H,2,6-8H2,1H3,(H,14,16). The summed E-state index contributed by atoms with van der Waals surface area (Å²) >= 11 is 5.90. The molecular weight excluding hydrogens is 242 g/mol. The molecule has 0 bridgehead atoms. The Kier molecular flexibility index (Phi) is 5.80. The van der Waals surface area contributed by atoms with Gasteiger partial charge in [-0.05, 0) is 19.1 Å². The number of ether oxygens (including phenoxy) is 1. The van der Waals surface area contributed by atoms with E-state index < -0.39 is 0 Å². The molecule has 0 saturated carbocycles. The van der Waals surface area contributed by atoms with Crippen molar-refractivity contribution in [1.29, 1.82) is 0 Å². The second kappa shape index (κ2) is 7.14. The molecule has 4 nitrogen and oxygen atoms in total. The van der Waals surface area contributed by atoms with Crippen LogP contribution in [-0.4, -0.2) is 24.2 Å². The maximum atomic E-state index is 11.2. The number of rotatable bonds is 6. The molecule has 2 N–H and O–H groups in total. The number of benzene rings is 1. The van der Waals surface area contributed by atoms with Gasteiger partial charge in [-0.3, -0.25) is 4.79 Å². The van der Waals surface area contributed by atoms with Crippen LogP contribution in [0.3, 0.4) is 0 Å². The lowest BCUT2D eigenvalue weighted by Gasteiger charge is -2.11. The van der Waals surface area contributed by atoms with Crippen LogP contribution in [-0.2, 0) is 11.4 Å². The van der Waals surface area contributed by atoms with E-state index in [9.17, 15) is 4.79 Å². The van der Waals surface area contributed by atoms with Gasteiger partial charge in [-0.2, -0.15) is 0 Å². The van der Waals surface area contributed by atoms with Crippen LogP contribution in [0.4, 0.5) is 0 Å². The van der Waals surface area contributed by atoms with E-state index in [-0.39, 0.29) is 25.5 Å². The van der Waals surface area contributed by atoms with E-state index in [2.05, 4.69) is 5.32 Å². The topological polar surface area (TPSA) is 58.6 Å². The van der Waals surface area contributed by atoms with Crippen LogP contribution in [0.25, 0.3) is 0 Å². The molecule has 94 valence electrons. The van der Waals surface area contributed by atoms with Crippen molar-refractivity contribution >= 4 is 17.5 Å². The first kappa shape index (κ1) is 13.8. The van der Waals surface area contributed by atoms with Gasteiger partial charge < -0.3 is 15.2 Å². The fourth-order valence-corrected chi connectivity index (χ4v) is 1.59. The van der Waals surface area contributed by atoms with Gasteiger partial charge in [0, 0.05) is 17.1 Å². The molecule has 0 heterocycles. The molecule has 0 aliphatic rings. The van der Waals surface area contributed by atoms with E-state index in [1.807, 2.05) is 6.92 Å². The van der Waals surface area contributed by atoms with Crippen molar-refractivity contribution in [2.24, 2.45) is 0 Å². The zero-order valence-electron chi connectivity index (χ0n) is 9.70. The van der Waals surface area contributed by atoms with Crippen molar-refractivity contribution in [2.75, 3.05) is 13.2 Å². The molecule has 17 heavy (non-hydrogen) atoms. The minimum Gasteiger partial charge on any atom is -0.493 e. The molecule has 0 unspecified atom stereocenters. The lowest BCUT2D eigenvalue weighted by molar-refractivity contribution is -0.121. The van der Waals surface area contributed by atoms with E-state index in [4.69, 9.17) is 21.4 Å². The summed E-state index contributed by atoms with van der Waals surface area (Å²) in [5.41, 5.74) is 0.546. The molecule has 1 amide bonds. The predicted octanol–water partition coefficient (Wildman–Crippen LogP) is 1.74. The van der Waals surface area contributed by atoms with Gasteiger partial charge in [0.15, 0.2) is 0 Å². The van der Waals surface area contributed by atoms with Crippen molar-refractivity contribution < 1.29 is 14.6 Å². The maximum Gasteiger partial charge on any atom is 0.223 e. The Labute approximate surface area is 106 Å². The first-order valence-corrected chi connectivity index (χ1v) is 5.84. The molecular formula is C12H16ClNO3. The monoisotopic (exact) mass is 257 g/mol. The Balaban J connectivity index is 2.52. The average Bonchev–Trinajstić information content (AvgIpc) is 2.29. The number of aliphatic hydroxyl groups excluding tert-OH is 1. The third kappa shape index (κ3) is 4.24. The lowest BCUT2D eigenvalue weighted by atomic mass is 10.2. The molecule has 5 heteroatoms. The highest BCUT2D eigenvalue weighted by atomic mass is 35.5. The van der Waals surface area contributed by atoms with E-state index in [0.29, 0.717) is 22.9 Å². The van der Waals surface area contributed by atoms with Crippen LogP contribution >= 0.6 is 11.6 Å². The maximum absolute atomic E-state index is 11.2. The Morgan fingerprint density at radius 3 is 2.94 bits per heavy atom. The molecule has 0 spiro atoms. The second-order valence-electron chi connectivity index (χ2n) is 3.43. The van der Waals surface area contributed by atoms with Crippen molar-refractivity contribution in [3.05, 3.63) is 28.8 Å². The lowest BCUT2D eigenvalue weighted by Crippen LogP contribution is -2.24. The van der Waals surface area contributed by atoms with Crippen LogP contribution in [0.5, 0.6) is 5.75 Å². The van der Waals surface area contributed by atoms with Gasteiger partial charge in [-0.1, -0.05) is 17.7 Å². The zero-order valence-corrected chi connectivity index (χ0v) is 10.5. The highest BCUT2D eigenvalue weighted by molar-refractivity contribution is 6.31. The molecule has 0 aromatic heterocycles. The van der Waals surface area contributed by atoms with Gasteiger partial charge >= 0.3 is 0 Å². The third-order valence-electron chi connectivity index (χ3n) is 2.19. The normalized spacial score (nSPS) is 10.1. The number of hydrogen-bond acceptors (Lipinski definition) is 3. The van der Waals surface area contributed by atoms with Crippen LogP contribution in [0.2, 0.25) is 5.02 Å². The summed E-state index contributed by atoms with van der Waals surface area (Å²) in [5, 5.41) is 12.3. The first-order valence-electron chi connectivity index (χ1n) is 5.46. The number of amides is 1. The summed E-state index contributed by atoms with van der Waals surface area (Å²) in [5.74, 6) is 0.462. The molecule has 0 atom stereocenters. The van der Waals surface area contributed by atoms with E-state index in [0.717, 1.165) is 0 Å².